The van der Waals surface area contributed by atoms with Crippen LogP contribution in [-0.2, 0) is 25.5 Å². The highest BCUT2D eigenvalue weighted by Gasteiger charge is 2.58. The monoisotopic (exact) mass is 419 g/mol. The van der Waals surface area contributed by atoms with Crippen molar-refractivity contribution in [2.24, 2.45) is 0 Å². The first-order valence-corrected chi connectivity index (χ1v) is 11.1. The molecule has 0 bridgehead atoms. The van der Waals surface area contributed by atoms with Gasteiger partial charge in [0.25, 0.3) is 0 Å². The van der Waals surface area contributed by atoms with Crippen LogP contribution in [0.4, 0.5) is 0 Å². The summed E-state index contributed by atoms with van der Waals surface area (Å²) >= 11 is 0. The molecule has 0 saturated carbocycles. The Kier molecular flexibility index (Phi) is 5.69. The first kappa shape index (κ1) is 22.0. The SMILES string of the molecule is CC1(C)COC2(CC(C)(C)N(OCCc3ccc(OCC4CO4)cc3)C(C)(C)C2)O1. The van der Waals surface area contributed by atoms with Crippen LogP contribution in [0.25, 0.3) is 0 Å². The van der Waals surface area contributed by atoms with E-state index in [0.717, 1.165) is 31.6 Å². The lowest BCUT2D eigenvalue weighted by molar-refractivity contribution is -0.339. The van der Waals surface area contributed by atoms with Crippen LogP contribution in [0.15, 0.2) is 24.3 Å². The maximum atomic E-state index is 6.40. The summed E-state index contributed by atoms with van der Waals surface area (Å²) in [6.07, 6.45) is 2.69. The van der Waals surface area contributed by atoms with Crippen molar-refractivity contribution < 1.29 is 23.8 Å². The highest BCUT2D eigenvalue weighted by molar-refractivity contribution is 5.27. The topological polar surface area (TPSA) is 52.7 Å². The second kappa shape index (κ2) is 7.75. The van der Waals surface area contributed by atoms with E-state index in [2.05, 4.69) is 58.7 Å². The molecule has 0 amide bonds. The molecule has 1 aromatic carbocycles. The van der Waals surface area contributed by atoms with Crippen molar-refractivity contribution in [3.05, 3.63) is 29.8 Å². The van der Waals surface area contributed by atoms with E-state index in [1.807, 2.05) is 12.1 Å². The normalized spacial score (nSPS) is 28.5. The Labute approximate surface area is 180 Å². The first-order chi connectivity index (χ1) is 14.0. The van der Waals surface area contributed by atoms with Gasteiger partial charge in [0.05, 0.1) is 25.4 Å². The van der Waals surface area contributed by atoms with Gasteiger partial charge in [-0.1, -0.05) is 12.1 Å². The second-order valence-electron chi connectivity index (χ2n) is 10.8. The van der Waals surface area contributed by atoms with Gasteiger partial charge in [-0.15, -0.1) is 0 Å². The Morgan fingerprint density at radius 3 is 2.17 bits per heavy atom. The summed E-state index contributed by atoms with van der Waals surface area (Å²) in [5, 5.41) is 2.16. The Balaban J connectivity index is 1.32. The molecule has 30 heavy (non-hydrogen) atoms. The average Bonchev–Trinajstić information content (AvgIpc) is 3.40. The van der Waals surface area contributed by atoms with Crippen molar-refractivity contribution in [1.82, 2.24) is 5.06 Å². The van der Waals surface area contributed by atoms with Crippen LogP contribution < -0.4 is 4.74 Å². The van der Waals surface area contributed by atoms with Gasteiger partial charge < -0.3 is 18.9 Å². The molecular formula is C24H37NO5. The van der Waals surface area contributed by atoms with Gasteiger partial charge in [-0.25, -0.2) is 0 Å². The third-order valence-corrected chi connectivity index (χ3v) is 6.02. The van der Waals surface area contributed by atoms with Gasteiger partial charge in [-0.3, -0.25) is 4.84 Å². The van der Waals surface area contributed by atoms with E-state index in [9.17, 15) is 0 Å². The first-order valence-electron chi connectivity index (χ1n) is 11.1. The fraction of sp³-hybridized carbons (Fsp3) is 0.750. The van der Waals surface area contributed by atoms with Crippen LogP contribution in [0.3, 0.4) is 0 Å². The molecule has 0 N–H and O–H groups in total. The number of hydrogen-bond donors (Lipinski definition) is 0. The molecule has 3 aliphatic rings. The van der Waals surface area contributed by atoms with E-state index in [0.29, 0.717) is 19.8 Å². The molecule has 1 unspecified atom stereocenters. The predicted molar refractivity (Wildman–Crippen MR) is 114 cm³/mol. The third kappa shape index (κ3) is 5.00. The average molecular weight is 420 g/mol. The number of hydrogen-bond acceptors (Lipinski definition) is 6. The summed E-state index contributed by atoms with van der Waals surface area (Å²) in [4.78, 5) is 6.36. The minimum atomic E-state index is -0.530. The molecule has 3 fully saturated rings. The van der Waals surface area contributed by atoms with Gasteiger partial charge in [0.15, 0.2) is 5.79 Å². The Morgan fingerprint density at radius 1 is 1.00 bits per heavy atom. The van der Waals surface area contributed by atoms with Crippen molar-refractivity contribution in [3.8, 4) is 5.75 Å². The van der Waals surface area contributed by atoms with E-state index in [4.69, 9.17) is 23.8 Å². The number of piperidine rings is 1. The van der Waals surface area contributed by atoms with Crippen LogP contribution in [0.5, 0.6) is 5.75 Å². The Morgan fingerprint density at radius 2 is 1.63 bits per heavy atom. The zero-order chi connectivity index (χ0) is 21.6. The van der Waals surface area contributed by atoms with Crippen LogP contribution in [0.1, 0.15) is 59.9 Å². The molecule has 0 aromatic heterocycles. The largest absolute Gasteiger partial charge is 0.491 e. The van der Waals surface area contributed by atoms with E-state index in [1.165, 1.54) is 5.56 Å². The lowest BCUT2D eigenvalue weighted by atomic mass is 9.78. The fourth-order valence-electron chi connectivity index (χ4n) is 5.10. The van der Waals surface area contributed by atoms with Gasteiger partial charge >= 0.3 is 0 Å². The van der Waals surface area contributed by atoms with Crippen molar-refractivity contribution in [1.29, 1.82) is 0 Å². The van der Waals surface area contributed by atoms with Gasteiger partial charge in [-0.2, -0.15) is 5.06 Å². The van der Waals surface area contributed by atoms with Gasteiger partial charge in [0.2, 0.25) is 0 Å². The molecule has 1 aromatic rings. The van der Waals surface area contributed by atoms with Crippen molar-refractivity contribution in [2.45, 2.75) is 89.4 Å². The molecule has 6 heteroatoms. The van der Waals surface area contributed by atoms with Crippen LogP contribution in [0, 0.1) is 0 Å². The summed E-state index contributed by atoms with van der Waals surface area (Å²) in [7, 11) is 0. The maximum Gasteiger partial charge on any atom is 0.172 e. The second-order valence-corrected chi connectivity index (χ2v) is 10.8. The summed E-state index contributed by atoms with van der Waals surface area (Å²) in [6, 6.07) is 8.26. The van der Waals surface area contributed by atoms with Crippen LogP contribution in [-0.4, -0.2) is 60.1 Å². The van der Waals surface area contributed by atoms with Gasteiger partial charge in [-0.05, 0) is 65.7 Å². The lowest BCUT2D eigenvalue weighted by Gasteiger charge is -2.56. The van der Waals surface area contributed by atoms with E-state index < -0.39 is 5.79 Å². The molecule has 3 saturated heterocycles. The molecule has 4 rings (SSSR count). The standard InChI is InChI=1S/C24H37NO5/c1-21(2)15-24(28-17-23(5,6)30-24)16-22(3,4)25(21)29-12-11-18-7-9-19(10-8-18)26-13-20-14-27-20/h7-10,20H,11-17H2,1-6H3. The molecule has 0 radical (unpaired) electrons. The molecule has 1 atom stereocenters. The number of nitrogens with zero attached hydrogens (tertiary/aromatic N) is 1. The van der Waals surface area contributed by atoms with E-state index in [-0.39, 0.29) is 22.8 Å². The maximum absolute atomic E-state index is 6.40. The van der Waals surface area contributed by atoms with Gasteiger partial charge in [0, 0.05) is 23.9 Å². The third-order valence-electron chi connectivity index (χ3n) is 6.02. The number of benzene rings is 1. The smallest absolute Gasteiger partial charge is 0.172 e. The summed E-state index contributed by atoms with van der Waals surface area (Å²) in [6.45, 7) is 15.8. The number of hydroxylamine groups is 2. The fourth-order valence-corrected chi connectivity index (χ4v) is 5.10. The number of ether oxygens (including phenoxy) is 4. The highest BCUT2D eigenvalue weighted by atomic mass is 16.8. The highest BCUT2D eigenvalue weighted by Crippen LogP contribution is 2.50. The molecular weight excluding hydrogens is 382 g/mol. The van der Waals surface area contributed by atoms with Crippen LogP contribution in [0.2, 0.25) is 0 Å². The van der Waals surface area contributed by atoms with Crippen molar-refractivity contribution in [2.75, 3.05) is 26.4 Å². The molecule has 3 aliphatic heterocycles. The number of rotatable bonds is 7. The van der Waals surface area contributed by atoms with E-state index in [1.54, 1.807) is 0 Å². The van der Waals surface area contributed by atoms with Crippen LogP contribution >= 0.6 is 0 Å². The summed E-state index contributed by atoms with van der Waals surface area (Å²) in [5.41, 5.74) is 0.588. The Bertz CT molecular complexity index is 720. The Hall–Kier alpha value is -1.18. The van der Waals surface area contributed by atoms with E-state index >= 15 is 0 Å². The summed E-state index contributed by atoms with van der Waals surface area (Å²) < 4.78 is 23.5. The minimum Gasteiger partial charge on any atom is -0.491 e. The van der Waals surface area contributed by atoms with Crippen molar-refractivity contribution >= 4 is 0 Å². The van der Waals surface area contributed by atoms with Gasteiger partial charge in [0.1, 0.15) is 18.5 Å². The van der Waals surface area contributed by atoms with Crippen molar-refractivity contribution in [3.63, 3.8) is 0 Å². The zero-order valence-electron chi connectivity index (χ0n) is 19.3. The molecule has 168 valence electrons. The summed E-state index contributed by atoms with van der Waals surface area (Å²) in [5.74, 6) is 0.357. The molecule has 3 heterocycles. The minimum absolute atomic E-state index is 0.204. The molecule has 6 nitrogen and oxygen atoms in total. The molecule has 1 spiro atoms. The zero-order valence-corrected chi connectivity index (χ0v) is 19.3. The number of epoxide rings is 1. The lowest BCUT2D eigenvalue weighted by Crippen LogP contribution is -2.65. The molecule has 0 aliphatic carbocycles. The predicted octanol–water partition coefficient (Wildman–Crippen LogP) is 4.11. The quantitative estimate of drug-likeness (QED) is 0.620.